The van der Waals surface area contributed by atoms with Crippen LogP contribution in [0.3, 0.4) is 0 Å². The van der Waals surface area contributed by atoms with Crippen LogP contribution in [-0.2, 0) is 4.74 Å². The normalized spacial score (nSPS) is 36.3. The second kappa shape index (κ2) is 6.11. The van der Waals surface area contributed by atoms with E-state index in [-0.39, 0.29) is 5.54 Å². The first-order chi connectivity index (χ1) is 9.01. The molecule has 2 unspecified atom stereocenters. The van der Waals surface area contributed by atoms with E-state index in [1.54, 1.807) is 0 Å². The number of hydrogen-bond donors (Lipinski definition) is 1. The fraction of sp³-hybridized carbons (Fsp3) is 1.00. The molecular formula is C16H32N2O. The molecule has 2 aliphatic rings. The lowest BCUT2D eigenvalue weighted by atomic mass is 9.67. The standard InChI is InChI=1S/C16H32N2O/c1-4-19-14-7-5-10-18(11-14)16(13-17)9-6-8-15(2,3)12-16/h14H,4-13,17H2,1-3H3. The highest BCUT2D eigenvalue weighted by atomic mass is 16.5. The summed E-state index contributed by atoms with van der Waals surface area (Å²) in [5.74, 6) is 0. The summed E-state index contributed by atoms with van der Waals surface area (Å²) in [5, 5.41) is 0. The molecule has 1 saturated heterocycles. The third kappa shape index (κ3) is 3.50. The van der Waals surface area contributed by atoms with E-state index in [0.717, 1.165) is 19.7 Å². The summed E-state index contributed by atoms with van der Waals surface area (Å²) in [4.78, 5) is 2.66. The average Bonchev–Trinajstić information content (AvgIpc) is 2.38. The first-order valence-electron chi connectivity index (χ1n) is 8.08. The molecule has 3 nitrogen and oxygen atoms in total. The average molecular weight is 268 g/mol. The lowest BCUT2D eigenvalue weighted by Crippen LogP contribution is -2.61. The first kappa shape index (κ1) is 15.3. The second-order valence-electron chi connectivity index (χ2n) is 7.29. The van der Waals surface area contributed by atoms with Gasteiger partial charge in [0.25, 0.3) is 0 Å². The van der Waals surface area contributed by atoms with Crippen molar-refractivity contribution < 1.29 is 4.74 Å². The number of nitrogens with two attached hydrogens (primary N) is 1. The molecule has 2 atom stereocenters. The molecule has 3 heteroatoms. The number of rotatable bonds is 4. The first-order valence-corrected chi connectivity index (χ1v) is 8.08. The second-order valence-corrected chi connectivity index (χ2v) is 7.29. The van der Waals surface area contributed by atoms with Gasteiger partial charge in [0.1, 0.15) is 0 Å². The van der Waals surface area contributed by atoms with Gasteiger partial charge in [-0.1, -0.05) is 20.3 Å². The van der Waals surface area contributed by atoms with Crippen LogP contribution in [0.25, 0.3) is 0 Å². The van der Waals surface area contributed by atoms with Crippen molar-refractivity contribution in [3.63, 3.8) is 0 Å². The lowest BCUT2D eigenvalue weighted by Gasteiger charge is -2.53. The summed E-state index contributed by atoms with van der Waals surface area (Å²) < 4.78 is 5.86. The molecule has 1 aliphatic heterocycles. The Balaban J connectivity index is 2.07. The van der Waals surface area contributed by atoms with Gasteiger partial charge in [-0.2, -0.15) is 0 Å². The molecule has 19 heavy (non-hydrogen) atoms. The third-order valence-electron chi connectivity index (χ3n) is 5.13. The van der Waals surface area contributed by atoms with Crippen LogP contribution in [0.2, 0.25) is 0 Å². The van der Waals surface area contributed by atoms with E-state index in [0.29, 0.717) is 11.5 Å². The predicted molar refractivity (Wildman–Crippen MR) is 80.3 cm³/mol. The van der Waals surface area contributed by atoms with Gasteiger partial charge in [-0.25, -0.2) is 0 Å². The molecule has 0 radical (unpaired) electrons. The minimum atomic E-state index is 0.234. The molecule has 112 valence electrons. The van der Waals surface area contributed by atoms with E-state index in [1.165, 1.54) is 45.1 Å². The van der Waals surface area contributed by atoms with Gasteiger partial charge >= 0.3 is 0 Å². The van der Waals surface area contributed by atoms with Crippen LogP contribution in [0, 0.1) is 5.41 Å². The fourth-order valence-corrected chi connectivity index (χ4v) is 4.28. The summed E-state index contributed by atoms with van der Waals surface area (Å²) in [6, 6.07) is 0. The Hall–Kier alpha value is -0.120. The molecule has 0 spiro atoms. The monoisotopic (exact) mass is 268 g/mol. The zero-order chi connectivity index (χ0) is 13.9. The Morgan fingerprint density at radius 3 is 2.68 bits per heavy atom. The molecule has 1 saturated carbocycles. The number of hydrogen-bond acceptors (Lipinski definition) is 3. The third-order valence-corrected chi connectivity index (χ3v) is 5.13. The smallest absolute Gasteiger partial charge is 0.0702 e. The van der Waals surface area contributed by atoms with Crippen LogP contribution in [0.1, 0.15) is 59.3 Å². The largest absolute Gasteiger partial charge is 0.377 e. The van der Waals surface area contributed by atoms with Gasteiger partial charge in [-0.15, -0.1) is 0 Å². The van der Waals surface area contributed by atoms with Crippen molar-refractivity contribution in [2.45, 2.75) is 70.9 Å². The van der Waals surface area contributed by atoms with E-state index in [9.17, 15) is 0 Å². The molecule has 0 amide bonds. The number of likely N-dealkylation sites (tertiary alicyclic amines) is 1. The SMILES string of the molecule is CCOC1CCCN(C2(CN)CCCC(C)(C)C2)C1. The maximum Gasteiger partial charge on any atom is 0.0702 e. The summed E-state index contributed by atoms with van der Waals surface area (Å²) in [6.45, 7) is 10.8. The zero-order valence-electron chi connectivity index (χ0n) is 13.1. The molecule has 2 N–H and O–H groups in total. The van der Waals surface area contributed by atoms with Gasteiger partial charge < -0.3 is 10.5 Å². The Kier molecular flexibility index (Phi) is 4.91. The molecule has 0 aromatic heterocycles. The van der Waals surface area contributed by atoms with Crippen LogP contribution >= 0.6 is 0 Å². The van der Waals surface area contributed by atoms with Crippen molar-refractivity contribution >= 4 is 0 Å². The molecule has 0 aromatic carbocycles. The highest BCUT2D eigenvalue weighted by Gasteiger charge is 2.44. The van der Waals surface area contributed by atoms with Crippen molar-refractivity contribution in [3.8, 4) is 0 Å². The Morgan fingerprint density at radius 1 is 1.26 bits per heavy atom. The van der Waals surface area contributed by atoms with Gasteiger partial charge in [0.2, 0.25) is 0 Å². The lowest BCUT2D eigenvalue weighted by molar-refractivity contribution is -0.0591. The maximum absolute atomic E-state index is 6.23. The Labute approximate surface area is 118 Å². The molecule has 2 fully saturated rings. The topological polar surface area (TPSA) is 38.5 Å². The highest BCUT2D eigenvalue weighted by Crippen LogP contribution is 2.44. The van der Waals surface area contributed by atoms with E-state index < -0.39 is 0 Å². The summed E-state index contributed by atoms with van der Waals surface area (Å²) in [6.07, 6.45) is 8.08. The molecule has 1 heterocycles. The van der Waals surface area contributed by atoms with E-state index in [1.807, 2.05) is 0 Å². The van der Waals surface area contributed by atoms with Crippen molar-refractivity contribution in [3.05, 3.63) is 0 Å². The molecule has 0 aromatic rings. The van der Waals surface area contributed by atoms with Crippen LogP contribution in [0.5, 0.6) is 0 Å². The molecule has 0 bridgehead atoms. The predicted octanol–water partition coefficient (Wildman–Crippen LogP) is 2.79. The minimum Gasteiger partial charge on any atom is -0.377 e. The Bertz CT molecular complexity index is 290. The van der Waals surface area contributed by atoms with Crippen LogP contribution < -0.4 is 5.73 Å². The van der Waals surface area contributed by atoms with Crippen molar-refractivity contribution in [1.29, 1.82) is 0 Å². The summed E-state index contributed by atoms with van der Waals surface area (Å²) >= 11 is 0. The van der Waals surface area contributed by atoms with Gasteiger partial charge in [0, 0.05) is 25.2 Å². The van der Waals surface area contributed by atoms with Gasteiger partial charge in [0.15, 0.2) is 0 Å². The summed E-state index contributed by atoms with van der Waals surface area (Å²) in [7, 11) is 0. The van der Waals surface area contributed by atoms with Crippen LogP contribution in [-0.4, -0.2) is 42.8 Å². The van der Waals surface area contributed by atoms with E-state index in [4.69, 9.17) is 10.5 Å². The van der Waals surface area contributed by atoms with Gasteiger partial charge in [-0.05, 0) is 51.0 Å². The quantitative estimate of drug-likeness (QED) is 0.852. The molecular weight excluding hydrogens is 236 g/mol. The highest BCUT2D eigenvalue weighted by molar-refractivity contribution is 5.00. The van der Waals surface area contributed by atoms with Gasteiger partial charge in [0.05, 0.1) is 6.10 Å². The molecule has 1 aliphatic carbocycles. The number of piperidine rings is 1. The Morgan fingerprint density at radius 2 is 2.05 bits per heavy atom. The van der Waals surface area contributed by atoms with E-state index >= 15 is 0 Å². The van der Waals surface area contributed by atoms with Crippen molar-refractivity contribution in [2.24, 2.45) is 11.1 Å². The van der Waals surface area contributed by atoms with Gasteiger partial charge in [-0.3, -0.25) is 4.90 Å². The van der Waals surface area contributed by atoms with E-state index in [2.05, 4.69) is 25.7 Å². The number of nitrogens with zero attached hydrogens (tertiary/aromatic N) is 1. The van der Waals surface area contributed by atoms with Crippen molar-refractivity contribution in [1.82, 2.24) is 4.90 Å². The minimum absolute atomic E-state index is 0.234. The summed E-state index contributed by atoms with van der Waals surface area (Å²) in [5.41, 5.74) is 6.90. The molecule has 2 rings (SSSR count). The van der Waals surface area contributed by atoms with Crippen molar-refractivity contribution in [2.75, 3.05) is 26.2 Å². The van der Waals surface area contributed by atoms with Crippen LogP contribution in [0.15, 0.2) is 0 Å². The zero-order valence-corrected chi connectivity index (χ0v) is 13.1. The van der Waals surface area contributed by atoms with Crippen LogP contribution in [0.4, 0.5) is 0 Å². The fourth-order valence-electron chi connectivity index (χ4n) is 4.28. The number of ether oxygens (including phenoxy) is 1. The maximum atomic E-state index is 6.23.